The largest absolute Gasteiger partial charge is 0.462 e. The first-order valence-electron chi connectivity index (χ1n) is 12.3. The lowest BCUT2D eigenvalue weighted by atomic mass is 10.0. The number of ether oxygens (including phenoxy) is 1. The summed E-state index contributed by atoms with van der Waals surface area (Å²) in [5.74, 6) is 12.2. The van der Waals surface area contributed by atoms with Crippen molar-refractivity contribution in [3.05, 3.63) is 131 Å². The minimum absolute atomic E-state index is 0.274. The number of carbonyl (C=O) groups is 1. The number of pyridine rings is 4. The van der Waals surface area contributed by atoms with Gasteiger partial charge in [0.25, 0.3) is 0 Å². The zero-order chi connectivity index (χ0) is 26.9. The minimum atomic E-state index is -0.424. The lowest BCUT2D eigenvalue weighted by Crippen LogP contribution is -2.05. The van der Waals surface area contributed by atoms with Gasteiger partial charge in [-0.15, -0.1) is 0 Å². The number of rotatable bonds is 4. The number of hydrogen-bond donors (Lipinski definition) is 0. The SMILES string of the molecule is CCOC(=O)c1cc(C#Cc2ccnc(-c3ccccn3)c2)cc(C#Cc2ccnc(-c3ccccn3)c2)c1. The minimum Gasteiger partial charge on any atom is -0.462 e. The predicted molar refractivity (Wildman–Crippen MR) is 149 cm³/mol. The van der Waals surface area contributed by atoms with Crippen LogP contribution in [0.15, 0.2) is 104 Å². The summed E-state index contributed by atoms with van der Waals surface area (Å²) < 4.78 is 5.23. The number of benzene rings is 1. The second-order valence-corrected chi connectivity index (χ2v) is 8.31. The van der Waals surface area contributed by atoms with E-state index in [0.717, 1.165) is 33.9 Å². The van der Waals surface area contributed by atoms with E-state index in [4.69, 9.17) is 4.74 Å². The zero-order valence-corrected chi connectivity index (χ0v) is 21.1. The molecule has 0 fully saturated rings. The van der Waals surface area contributed by atoms with Crippen molar-refractivity contribution in [3.8, 4) is 46.5 Å². The van der Waals surface area contributed by atoms with Crippen molar-refractivity contribution in [2.45, 2.75) is 6.92 Å². The Balaban J connectivity index is 1.47. The van der Waals surface area contributed by atoms with Gasteiger partial charge in [-0.05, 0) is 73.7 Å². The molecule has 0 unspecified atom stereocenters. The van der Waals surface area contributed by atoms with Crippen molar-refractivity contribution in [1.82, 2.24) is 19.9 Å². The lowest BCUT2D eigenvalue weighted by Gasteiger charge is -2.04. The molecule has 0 atom stereocenters. The van der Waals surface area contributed by atoms with Gasteiger partial charge in [-0.3, -0.25) is 19.9 Å². The van der Waals surface area contributed by atoms with Gasteiger partial charge in [0.05, 0.1) is 34.9 Å². The first kappa shape index (κ1) is 25.1. The maximum absolute atomic E-state index is 12.6. The molecule has 0 aliphatic heterocycles. The van der Waals surface area contributed by atoms with Gasteiger partial charge in [0.1, 0.15) is 0 Å². The molecule has 1 aromatic carbocycles. The van der Waals surface area contributed by atoms with Gasteiger partial charge in [-0.25, -0.2) is 4.79 Å². The third-order valence-corrected chi connectivity index (χ3v) is 5.52. The Labute approximate surface area is 226 Å². The molecular formula is C33H22N4O2. The quantitative estimate of drug-likeness (QED) is 0.234. The zero-order valence-electron chi connectivity index (χ0n) is 21.1. The van der Waals surface area contributed by atoms with Crippen molar-refractivity contribution in [2.24, 2.45) is 0 Å². The third-order valence-electron chi connectivity index (χ3n) is 5.52. The van der Waals surface area contributed by atoms with Gasteiger partial charge in [0.15, 0.2) is 0 Å². The van der Waals surface area contributed by atoms with E-state index in [9.17, 15) is 4.79 Å². The Morgan fingerprint density at radius 3 is 1.54 bits per heavy atom. The molecule has 0 amide bonds. The molecule has 6 nitrogen and oxygen atoms in total. The number of hydrogen-bond acceptors (Lipinski definition) is 6. The van der Waals surface area contributed by atoms with Crippen molar-refractivity contribution in [1.29, 1.82) is 0 Å². The third kappa shape index (κ3) is 6.60. The molecule has 0 bridgehead atoms. The first-order chi connectivity index (χ1) is 19.2. The normalized spacial score (nSPS) is 9.97. The standard InChI is InChI=1S/C33H22N4O2/c1-2-39-33(38)28-20-26(11-9-24-13-17-36-31(22-24)29-7-3-5-15-34-29)19-27(21-28)12-10-25-14-18-37-32(23-25)30-8-4-6-16-35-30/h3-8,13-23H,2H2,1H3. The summed E-state index contributed by atoms with van der Waals surface area (Å²) in [4.78, 5) is 30.0. The van der Waals surface area contributed by atoms with Gasteiger partial charge < -0.3 is 4.74 Å². The molecule has 0 aliphatic carbocycles. The van der Waals surface area contributed by atoms with E-state index in [-0.39, 0.29) is 6.61 Å². The van der Waals surface area contributed by atoms with Crippen molar-refractivity contribution < 1.29 is 9.53 Å². The second kappa shape index (κ2) is 12.1. The molecule has 0 saturated carbocycles. The van der Waals surface area contributed by atoms with Crippen LogP contribution in [0.3, 0.4) is 0 Å². The highest BCUT2D eigenvalue weighted by Crippen LogP contribution is 2.16. The summed E-state index contributed by atoms with van der Waals surface area (Å²) in [5, 5.41) is 0. The van der Waals surface area contributed by atoms with E-state index in [1.54, 1.807) is 43.8 Å². The fourth-order valence-corrected chi connectivity index (χ4v) is 3.72. The van der Waals surface area contributed by atoms with E-state index in [1.165, 1.54) is 0 Å². The van der Waals surface area contributed by atoms with E-state index >= 15 is 0 Å². The maximum Gasteiger partial charge on any atom is 0.338 e. The van der Waals surface area contributed by atoms with Gasteiger partial charge in [-0.2, -0.15) is 0 Å². The van der Waals surface area contributed by atoms with E-state index in [2.05, 4.69) is 43.6 Å². The molecule has 0 aliphatic rings. The van der Waals surface area contributed by atoms with Crippen LogP contribution in [-0.2, 0) is 4.74 Å². The first-order valence-corrected chi connectivity index (χ1v) is 12.3. The van der Waals surface area contributed by atoms with Crippen molar-refractivity contribution >= 4 is 5.97 Å². The molecule has 0 N–H and O–H groups in total. The molecule has 0 radical (unpaired) electrons. The summed E-state index contributed by atoms with van der Waals surface area (Å²) in [6, 6.07) is 24.0. The highest BCUT2D eigenvalue weighted by Gasteiger charge is 2.09. The van der Waals surface area contributed by atoms with E-state index in [0.29, 0.717) is 16.7 Å². The highest BCUT2D eigenvalue weighted by molar-refractivity contribution is 5.90. The predicted octanol–water partition coefficient (Wildman–Crippen LogP) is 5.58. The monoisotopic (exact) mass is 506 g/mol. The summed E-state index contributed by atoms with van der Waals surface area (Å²) in [6.45, 7) is 2.05. The van der Waals surface area contributed by atoms with Gasteiger partial charge in [-0.1, -0.05) is 35.8 Å². The van der Waals surface area contributed by atoms with Crippen LogP contribution >= 0.6 is 0 Å². The van der Waals surface area contributed by atoms with E-state index in [1.807, 2.05) is 66.7 Å². The summed E-state index contributed by atoms with van der Waals surface area (Å²) >= 11 is 0. The van der Waals surface area contributed by atoms with Crippen molar-refractivity contribution in [2.75, 3.05) is 6.61 Å². The summed E-state index contributed by atoms with van der Waals surface area (Å²) in [7, 11) is 0. The molecule has 5 aromatic rings. The Hall–Kier alpha value is -5.59. The smallest absolute Gasteiger partial charge is 0.338 e. The number of nitrogens with zero attached hydrogens (tertiary/aromatic N) is 4. The Bertz CT molecular complexity index is 1630. The molecule has 5 rings (SSSR count). The maximum atomic E-state index is 12.6. The average molecular weight is 507 g/mol. The fraction of sp³-hybridized carbons (Fsp3) is 0.0606. The van der Waals surface area contributed by atoms with Gasteiger partial charge in [0.2, 0.25) is 0 Å². The number of aromatic nitrogens is 4. The van der Waals surface area contributed by atoms with Crippen LogP contribution in [0, 0.1) is 23.7 Å². The van der Waals surface area contributed by atoms with Crippen LogP contribution in [0.25, 0.3) is 22.8 Å². The topological polar surface area (TPSA) is 77.9 Å². The molecular weight excluding hydrogens is 484 g/mol. The lowest BCUT2D eigenvalue weighted by molar-refractivity contribution is 0.0526. The second-order valence-electron chi connectivity index (χ2n) is 8.31. The molecule has 4 heterocycles. The molecule has 6 heteroatoms. The van der Waals surface area contributed by atoms with Gasteiger partial charge in [0, 0.05) is 47.0 Å². The summed E-state index contributed by atoms with van der Waals surface area (Å²) in [6.07, 6.45) is 6.86. The van der Waals surface area contributed by atoms with Crippen LogP contribution in [-0.4, -0.2) is 32.5 Å². The number of esters is 1. The Kier molecular flexibility index (Phi) is 7.78. The number of carbonyl (C=O) groups excluding carboxylic acids is 1. The Morgan fingerprint density at radius 1 is 0.590 bits per heavy atom. The highest BCUT2D eigenvalue weighted by atomic mass is 16.5. The molecule has 4 aromatic heterocycles. The van der Waals surface area contributed by atoms with Crippen LogP contribution in [0.2, 0.25) is 0 Å². The van der Waals surface area contributed by atoms with Crippen LogP contribution in [0.1, 0.15) is 39.5 Å². The molecule has 0 saturated heterocycles. The Morgan fingerprint density at radius 2 is 1.08 bits per heavy atom. The molecule has 39 heavy (non-hydrogen) atoms. The van der Waals surface area contributed by atoms with Gasteiger partial charge >= 0.3 is 5.97 Å². The molecule has 0 spiro atoms. The van der Waals surface area contributed by atoms with Crippen LogP contribution < -0.4 is 0 Å². The average Bonchev–Trinajstić information content (AvgIpc) is 3.00. The fourth-order valence-electron chi connectivity index (χ4n) is 3.72. The van der Waals surface area contributed by atoms with Crippen LogP contribution in [0.5, 0.6) is 0 Å². The van der Waals surface area contributed by atoms with E-state index < -0.39 is 5.97 Å². The van der Waals surface area contributed by atoms with Crippen molar-refractivity contribution in [3.63, 3.8) is 0 Å². The summed E-state index contributed by atoms with van der Waals surface area (Å²) in [5.41, 5.74) is 6.23. The van der Waals surface area contributed by atoms with Crippen LogP contribution in [0.4, 0.5) is 0 Å². The molecule has 186 valence electrons.